The summed E-state index contributed by atoms with van der Waals surface area (Å²) in [5, 5.41) is 17.7. The van der Waals surface area contributed by atoms with Crippen LogP contribution in [0.1, 0.15) is 5.56 Å². The highest BCUT2D eigenvalue weighted by Crippen LogP contribution is 2.20. The lowest BCUT2D eigenvalue weighted by Gasteiger charge is -2.11. The minimum Gasteiger partial charge on any atom is -0.484 e. The SMILES string of the molecule is O=C(COc1cccc([N+](=O)[O-])c1)Nc1ccnn1Cc1ccccc1Br. The molecule has 0 aliphatic rings. The van der Waals surface area contributed by atoms with Crippen LogP contribution in [0.3, 0.4) is 0 Å². The van der Waals surface area contributed by atoms with E-state index in [0.29, 0.717) is 12.4 Å². The highest BCUT2D eigenvalue weighted by Gasteiger charge is 2.11. The Balaban J connectivity index is 1.60. The van der Waals surface area contributed by atoms with Crippen LogP contribution in [-0.4, -0.2) is 27.2 Å². The number of amides is 1. The standard InChI is InChI=1S/C18H15BrN4O4/c19-16-7-2-1-4-13(16)11-22-17(8-9-20-22)21-18(24)12-27-15-6-3-5-14(10-15)23(25)26/h1-10H,11-12H2,(H,21,24). The molecule has 0 saturated heterocycles. The lowest BCUT2D eigenvalue weighted by atomic mass is 10.2. The molecule has 138 valence electrons. The quantitative estimate of drug-likeness (QED) is 0.455. The molecule has 9 heteroatoms. The predicted octanol–water partition coefficient (Wildman–Crippen LogP) is 3.62. The molecule has 0 aliphatic heterocycles. The number of nitro groups is 1. The van der Waals surface area contributed by atoms with Gasteiger partial charge in [-0.2, -0.15) is 5.10 Å². The number of carbonyl (C=O) groups is 1. The van der Waals surface area contributed by atoms with Crippen molar-refractivity contribution in [3.63, 3.8) is 0 Å². The Kier molecular flexibility index (Phi) is 5.82. The van der Waals surface area contributed by atoms with Crippen molar-refractivity contribution in [1.82, 2.24) is 9.78 Å². The number of rotatable bonds is 7. The molecule has 0 aliphatic carbocycles. The molecule has 3 aromatic rings. The Hall–Kier alpha value is -3.20. The van der Waals surface area contributed by atoms with E-state index in [1.54, 1.807) is 23.0 Å². The van der Waals surface area contributed by atoms with Gasteiger partial charge in [0.15, 0.2) is 6.61 Å². The van der Waals surface area contributed by atoms with Gasteiger partial charge < -0.3 is 10.1 Å². The molecule has 0 atom stereocenters. The second-order valence-electron chi connectivity index (χ2n) is 5.56. The van der Waals surface area contributed by atoms with Gasteiger partial charge in [-0.3, -0.25) is 14.9 Å². The summed E-state index contributed by atoms with van der Waals surface area (Å²) in [4.78, 5) is 22.4. The zero-order valence-electron chi connectivity index (χ0n) is 14.0. The van der Waals surface area contributed by atoms with E-state index in [9.17, 15) is 14.9 Å². The molecule has 0 saturated carbocycles. The topological polar surface area (TPSA) is 99.3 Å². The molecule has 3 rings (SSSR count). The lowest BCUT2D eigenvalue weighted by Crippen LogP contribution is -2.22. The number of non-ortho nitro benzene ring substituents is 1. The molecular formula is C18H15BrN4O4. The minimum absolute atomic E-state index is 0.0978. The van der Waals surface area contributed by atoms with Crippen molar-refractivity contribution < 1.29 is 14.5 Å². The first kappa shape index (κ1) is 18.6. The average molecular weight is 431 g/mol. The maximum Gasteiger partial charge on any atom is 0.273 e. The van der Waals surface area contributed by atoms with E-state index in [1.807, 2.05) is 24.3 Å². The second kappa shape index (κ2) is 8.45. The van der Waals surface area contributed by atoms with E-state index >= 15 is 0 Å². The van der Waals surface area contributed by atoms with E-state index in [4.69, 9.17) is 4.74 Å². The number of hydrogen-bond acceptors (Lipinski definition) is 5. The number of hydrogen-bond donors (Lipinski definition) is 1. The molecule has 1 amide bonds. The van der Waals surface area contributed by atoms with Gasteiger partial charge in [0.2, 0.25) is 0 Å². The fraction of sp³-hybridized carbons (Fsp3) is 0.111. The van der Waals surface area contributed by atoms with Crippen molar-refractivity contribution in [3.05, 3.63) is 80.9 Å². The molecule has 27 heavy (non-hydrogen) atoms. The third-order valence-electron chi connectivity index (χ3n) is 3.66. The van der Waals surface area contributed by atoms with Gasteiger partial charge in [0.05, 0.1) is 23.7 Å². The fourth-order valence-electron chi connectivity index (χ4n) is 2.37. The number of halogens is 1. The second-order valence-corrected chi connectivity index (χ2v) is 6.41. The molecule has 0 radical (unpaired) electrons. The van der Waals surface area contributed by atoms with Crippen molar-refractivity contribution in [3.8, 4) is 5.75 Å². The average Bonchev–Trinajstić information content (AvgIpc) is 3.09. The number of benzene rings is 2. The predicted molar refractivity (Wildman–Crippen MR) is 103 cm³/mol. The third kappa shape index (κ3) is 4.91. The summed E-state index contributed by atoms with van der Waals surface area (Å²) >= 11 is 3.49. The van der Waals surface area contributed by atoms with Crippen LogP contribution in [0.15, 0.2) is 65.3 Å². The van der Waals surface area contributed by atoms with Gasteiger partial charge >= 0.3 is 0 Å². The monoisotopic (exact) mass is 430 g/mol. The summed E-state index contributed by atoms with van der Waals surface area (Å²) in [7, 11) is 0. The number of ether oxygens (including phenoxy) is 1. The van der Waals surface area contributed by atoms with Gasteiger partial charge in [0.1, 0.15) is 11.6 Å². The van der Waals surface area contributed by atoms with Crippen LogP contribution < -0.4 is 10.1 Å². The number of anilines is 1. The summed E-state index contributed by atoms with van der Waals surface area (Å²) in [6, 6.07) is 15.1. The summed E-state index contributed by atoms with van der Waals surface area (Å²) in [6.07, 6.45) is 1.59. The first-order valence-corrected chi connectivity index (χ1v) is 8.74. The summed E-state index contributed by atoms with van der Waals surface area (Å²) < 4.78 is 7.94. The van der Waals surface area contributed by atoms with Crippen molar-refractivity contribution >= 4 is 33.3 Å². The van der Waals surface area contributed by atoms with E-state index in [0.717, 1.165) is 10.0 Å². The van der Waals surface area contributed by atoms with Crippen LogP contribution in [0.4, 0.5) is 11.5 Å². The summed E-state index contributed by atoms with van der Waals surface area (Å²) in [5.74, 6) is 0.384. The van der Waals surface area contributed by atoms with E-state index in [-0.39, 0.29) is 18.0 Å². The normalized spacial score (nSPS) is 10.4. The number of carbonyl (C=O) groups excluding carboxylic acids is 1. The van der Waals surface area contributed by atoms with Crippen LogP contribution in [0.25, 0.3) is 0 Å². The minimum atomic E-state index is -0.521. The molecule has 1 heterocycles. The lowest BCUT2D eigenvalue weighted by molar-refractivity contribution is -0.384. The molecule has 0 spiro atoms. The molecule has 8 nitrogen and oxygen atoms in total. The largest absolute Gasteiger partial charge is 0.484 e. The molecule has 0 unspecified atom stereocenters. The fourth-order valence-corrected chi connectivity index (χ4v) is 2.78. The van der Waals surface area contributed by atoms with E-state index in [1.165, 1.54) is 18.2 Å². The van der Waals surface area contributed by atoms with Gasteiger partial charge in [0, 0.05) is 16.6 Å². The Labute approximate surface area is 163 Å². The molecule has 1 N–H and O–H groups in total. The number of aromatic nitrogens is 2. The maximum atomic E-state index is 12.2. The molecule has 0 bridgehead atoms. The van der Waals surface area contributed by atoms with Crippen molar-refractivity contribution in [2.24, 2.45) is 0 Å². The maximum absolute atomic E-state index is 12.2. The van der Waals surface area contributed by atoms with Crippen molar-refractivity contribution in [1.29, 1.82) is 0 Å². The van der Waals surface area contributed by atoms with Crippen molar-refractivity contribution in [2.75, 3.05) is 11.9 Å². The van der Waals surface area contributed by atoms with Gasteiger partial charge in [-0.15, -0.1) is 0 Å². The molecule has 1 aromatic heterocycles. The first-order chi connectivity index (χ1) is 13.0. The number of nitrogens with zero attached hydrogens (tertiary/aromatic N) is 3. The van der Waals surface area contributed by atoms with E-state index in [2.05, 4.69) is 26.3 Å². The van der Waals surface area contributed by atoms with Gasteiger partial charge in [0.25, 0.3) is 11.6 Å². The Bertz CT molecular complexity index is 973. The number of nitro benzene ring substituents is 1. The van der Waals surface area contributed by atoms with Crippen LogP contribution in [0.2, 0.25) is 0 Å². The Morgan fingerprint density at radius 3 is 2.81 bits per heavy atom. The van der Waals surface area contributed by atoms with E-state index < -0.39 is 10.8 Å². The Morgan fingerprint density at radius 2 is 2.04 bits per heavy atom. The highest BCUT2D eigenvalue weighted by atomic mass is 79.9. The Morgan fingerprint density at radius 1 is 1.22 bits per heavy atom. The van der Waals surface area contributed by atoms with Gasteiger partial charge in [-0.05, 0) is 17.7 Å². The molecular weight excluding hydrogens is 416 g/mol. The van der Waals surface area contributed by atoms with Crippen LogP contribution in [-0.2, 0) is 11.3 Å². The first-order valence-electron chi connectivity index (χ1n) is 7.95. The van der Waals surface area contributed by atoms with Crippen molar-refractivity contribution in [2.45, 2.75) is 6.54 Å². The summed E-state index contributed by atoms with van der Waals surface area (Å²) in [6.45, 7) is 0.206. The zero-order chi connectivity index (χ0) is 19.2. The number of nitrogens with one attached hydrogen (secondary N) is 1. The van der Waals surface area contributed by atoms with Gasteiger partial charge in [-0.25, -0.2) is 4.68 Å². The smallest absolute Gasteiger partial charge is 0.273 e. The van der Waals surface area contributed by atoms with Crippen LogP contribution in [0.5, 0.6) is 5.75 Å². The van der Waals surface area contributed by atoms with Crippen LogP contribution >= 0.6 is 15.9 Å². The summed E-state index contributed by atoms with van der Waals surface area (Å²) in [5.41, 5.74) is 0.920. The van der Waals surface area contributed by atoms with Gasteiger partial charge in [-0.1, -0.05) is 40.2 Å². The third-order valence-corrected chi connectivity index (χ3v) is 4.43. The van der Waals surface area contributed by atoms with Crippen LogP contribution in [0, 0.1) is 10.1 Å². The molecule has 2 aromatic carbocycles. The zero-order valence-corrected chi connectivity index (χ0v) is 15.6. The highest BCUT2D eigenvalue weighted by molar-refractivity contribution is 9.10. The molecule has 0 fully saturated rings.